The molecule has 0 aromatic heterocycles. The van der Waals surface area contributed by atoms with Crippen molar-refractivity contribution in [2.24, 2.45) is 28.6 Å². The predicted molar refractivity (Wildman–Crippen MR) is 86.9 cm³/mol. The van der Waals surface area contributed by atoms with Gasteiger partial charge in [-0.05, 0) is 49.9 Å². The van der Waals surface area contributed by atoms with Crippen molar-refractivity contribution in [1.29, 1.82) is 0 Å². The molecule has 4 fully saturated rings. The molecule has 4 aliphatic rings. The van der Waals surface area contributed by atoms with Crippen molar-refractivity contribution in [3.8, 4) is 0 Å². The Kier molecular flexibility index (Phi) is 4.24. The van der Waals surface area contributed by atoms with Gasteiger partial charge < -0.3 is 14.2 Å². The van der Waals surface area contributed by atoms with Gasteiger partial charge in [0, 0.05) is 5.41 Å². The molecular weight excluding hydrogens is 276 g/mol. The topological polar surface area (TPSA) is 27.7 Å². The van der Waals surface area contributed by atoms with Crippen LogP contribution in [0.1, 0.15) is 32.1 Å². The fourth-order valence-electron chi connectivity index (χ4n) is 5.86. The summed E-state index contributed by atoms with van der Waals surface area (Å²) in [6, 6.07) is 0. The minimum Gasteiger partial charge on any atom is -0.501 e. The Morgan fingerprint density at radius 3 is 1.77 bits per heavy atom. The van der Waals surface area contributed by atoms with Crippen LogP contribution in [-0.4, -0.2) is 19.8 Å². The summed E-state index contributed by atoms with van der Waals surface area (Å²) in [6.45, 7) is 13.2. The summed E-state index contributed by atoms with van der Waals surface area (Å²) >= 11 is 0. The first-order valence-corrected chi connectivity index (χ1v) is 8.37. The summed E-state index contributed by atoms with van der Waals surface area (Å²) < 4.78 is 17.2. The average Bonchev–Trinajstić information content (AvgIpc) is 2.51. The second-order valence-corrected chi connectivity index (χ2v) is 7.41. The van der Waals surface area contributed by atoms with Gasteiger partial charge in [0.1, 0.15) is 0 Å². The van der Waals surface area contributed by atoms with E-state index in [0.29, 0.717) is 19.1 Å². The van der Waals surface area contributed by atoms with Crippen LogP contribution < -0.4 is 0 Å². The number of ether oxygens (including phenoxy) is 3. The van der Waals surface area contributed by atoms with E-state index in [1.165, 1.54) is 32.1 Å². The van der Waals surface area contributed by atoms with Crippen LogP contribution in [0.4, 0.5) is 0 Å². The molecule has 0 saturated heterocycles. The number of rotatable bonds is 9. The van der Waals surface area contributed by atoms with E-state index in [9.17, 15) is 0 Å². The predicted octanol–water partition coefficient (Wildman–Crippen LogP) is 4.28. The lowest BCUT2D eigenvalue weighted by Gasteiger charge is -2.66. The van der Waals surface area contributed by atoms with Crippen molar-refractivity contribution in [3.05, 3.63) is 38.5 Å². The minimum atomic E-state index is -0.00812. The zero-order valence-corrected chi connectivity index (χ0v) is 13.5. The minimum absolute atomic E-state index is 0.00812. The van der Waals surface area contributed by atoms with Crippen LogP contribution >= 0.6 is 0 Å². The van der Waals surface area contributed by atoms with Crippen LogP contribution in [0.5, 0.6) is 0 Å². The highest BCUT2D eigenvalue weighted by Gasteiger charge is 2.66. The summed E-state index contributed by atoms with van der Waals surface area (Å²) in [7, 11) is 0. The van der Waals surface area contributed by atoms with Crippen molar-refractivity contribution in [3.63, 3.8) is 0 Å². The van der Waals surface area contributed by atoms with Gasteiger partial charge in [-0.2, -0.15) is 0 Å². The van der Waals surface area contributed by atoms with Gasteiger partial charge in [-0.1, -0.05) is 19.7 Å². The molecule has 3 heteroatoms. The molecule has 22 heavy (non-hydrogen) atoms. The molecule has 0 N–H and O–H groups in total. The summed E-state index contributed by atoms with van der Waals surface area (Å²) in [4.78, 5) is 0. The molecule has 4 saturated carbocycles. The van der Waals surface area contributed by atoms with E-state index in [2.05, 4.69) is 19.7 Å². The standard InChI is InChI=1S/C19H28O3/c1-4-20-12-18-10-15-7-16(11-18)9-17(8-15)19(18,13-21-5-2)14-22-6-3/h4-6,15-17H,1-3,7-14H2. The quantitative estimate of drug-likeness (QED) is 0.595. The molecule has 0 heterocycles. The van der Waals surface area contributed by atoms with E-state index in [1.54, 1.807) is 18.8 Å². The first-order valence-electron chi connectivity index (χ1n) is 8.37. The van der Waals surface area contributed by atoms with E-state index in [4.69, 9.17) is 14.2 Å². The van der Waals surface area contributed by atoms with E-state index in [0.717, 1.165) is 18.4 Å². The maximum absolute atomic E-state index is 5.73. The highest BCUT2D eigenvalue weighted by atomic mass is 16.5. The van der Waals surface area contributed by atoms with Gasteiger partial charge in [0.05, 0.1) is 44.0 Å². The van der Waals surface area contributed by atoms with Gasteiger partial charge >= 0.3 is 0 Å². The van der Waals surface area contributed by atoms with Crippen LogP contribution in [0.3, 0.4) is 0 Å². The van der Waals surface area contributed by atoms with Crippen molar-refractivity contribution < 1.29 is 14.2 Å². The molecule has 2 atom stereocenters. The van der Waals surface area contributed by atoms with Crippen molar-refractivity contribution in [2.45, 2.75) is 32.1 Å². The lowest BCUT2D eigenvalue weighted by atomic mass is 9.39. The number of hydrogen-bond acceptors (Lipinski definition) is 3. The van der Waals surface area contributed by atoms with Gasteiger partial charge in [0.2, 0.25) is 0 Å². The van der Waals surface area contributed by atoms with Gasteiger partial charge in [-0.15, -0.1) is 0 Å². The lowest BCUT2D eigenvalue weighted by Crippen LogP contribution is -2.65. The molecule has 0 aliphatic heterocycles. The molecule has 0 amide bonds. The van der Waals surface area contributed by atoms with Crippen LogP contribution in [0.25, 0.3) is 0 Å². The third-order valence-electron chi connectivity index (χ3n) is 6.49. The van der Waals surface area contributed by atoms with E-state index in [-0.39, 0.29) is 10.8 Å². The SMILES string of the molecule is C=COCC12CC3CC(CC(C3)C1(COC=C)COC=C)C2. The largest absolute Gasteiger partial charge is 0.501 e. The fraction of sp³-hybridized carbons (Fsp3) is 0.684. The molecular formula is C19H28O3. The molecule has 0 spiro atoms. The third kappa shape index (κ3) is 2.26. The Bertz CT molecular complexity index is 416. The molecule has 4 aliphatic carbocycles. The Balaban J connectivity index is 1.95. The Hall–Kier alpha value is -1.38. The molecule has 2 unspecified atom stereocenters. The van der Waals surface area contributed by atoms with E-state index < -0.39 is 0 Å². The molecule has 3 nitrogen and oxygen atoms in total. The molecule has 0 radical (unpaired) electrons. The second-order valence-electron chi connectivity index (χ2n) is 7.41. The van der Waals surface area contributed by atoms with E-state index in [1.807, 2.05) is 0 Å². The summed E-state index contributed by atoms with van der Waals surface area (Å²) in [5.41, 5.74) is 0.119. The van der Waals surface area contributed by atoms with E-state index >= 15 is 0 Å². The normalized spacial score (nSPS) is 37.4. The first-order chi connectivity index (χ1) is 10.7. The summed E-state index contributed by atoms with van der Waals surface area (Å²) in [5, 5.41) is 0. The van der Waals surface area contributed by atoms with Crippen LogP contribution in [0, 0.1) is 28.6 Å². The van der Waals surface area contributed by atoms with Gasteiger partial charge in [0.15, 0.2) is 0 Å². The average molecular weight is 304 g/mol. The van der Waals surface area contributed by atoms with Crippen LogP contribution in [-0.2, 0) is 14.2 Å². The smallest absolute Gasteiger partial charge is 0.0971 e. The van der Waals surface area contributed by atoms with Crippen LogP contribution in [0.15, 0.2) is 38.5 Å². The molecule has 0 aromatic rings. The third-order valence-corrected chi connectivity index (χ3v) is 6.49. The van der Waals surface area contributed by atoms with Crippen molar-refractivity contribution in [2.75, 3.05) is 19.8 Å². The summed E-state index contributed by atoms with van der Waals surface area (Å²) in [6.07, 6.45) is 11.1. The first kappa shape index (κ1) is 15.5. The second kappa shape index (κ2) is 6.02. The van der Waals surface area contributed by atoms with Gasteiger partial charge in [0.25, 0.3) is 0 Å². The highest BCUT2D eigenvalue weighted by Crippen LogP contribution is 2.68. The zero-order chi connectivity index (χ0) is 15.6. The maximum atomic E-state index is 5.73. The van der Waals surface area contributed by atoms with Crippen molar-refractivity contribution >= 4 is 0 Å². The maximum Gasteiger partial charge on any atom is 0.0971 e. The zero-order valence-electron chi connectivity index (χ0n) is 13.5. The Morgan fingerprint density at radius 1 is 0.773 bits per heavy atom. The monoisotopic (exact) mass is 304 g/mol. The summed E-state index contributed by atoms with van der Waals surface area (Å²) in [5.74, 6) is 2.32. The highest BCUT2D eigenvalue weighted by molar-refractivity contribution is 5.14. The van der Waals surface area contributed by atoms with Gasteiger partial charge in [-0.3, -0.25) is 0 Å². The van der Waals surface area contributed by atoms with Crippen LogP contribution in [0.2, 0.25) is 0 Å². The molecule has 4 rings (SSSR count). The fourth-order valence-corrected chi connectivity index (χ4v) is 5.86. The molecule has 4 bridgehead atoms. The van der Waals surface area contributed by atoms with Crippen molar-refractivity contribution in [1.82, 2.24) is 0 Å². The number of hydrogen-bond donors (Lipinski definition) is 0. The molecule has 122 valence electrons. The Morgan fingerprint density at radius 2 is 1.27 bits per heavy atom. The lowest BCUT2D eigenvalue weighted by molar-refractivity contribution is -0.227. The van der Waals surface area contributed by atoms with Gasteiger partial charge in [-0.25, -0.2) is 0 Å². The Labute approximate surface area is 134 Å². The molecule has 0 aromatic carbocycles.